The summed E-state index contributed by atoms with van der Waals surface area (Å²) >= 11 is 5.25. The number of halogens is 1. The summed E-state index contributed by atoms with van der Waals surface area (Å²) in [5.41, 5.74) is 0. The van der Waals surface area contributed by atoms with Crippen LogP contribution >= 0.6 is 27.3 Å². The van der Waals surface area contributed by atoms with Crippen molar-refractivity contribution in [3.63, 3.8) is 0 Å². The Morgan fingerprint density at radius 3 is 2.73 bits per heavy atom. The average molecular weight is 292 g/mol. The first-order valence-corrected chi connectivity index (χ1v) is 6.83. The summed E-state index contributed by atoms with van der Waals surface area (Å²) in [5.74, 6) is 0. The lowest BCUT2D eigenvalue weighted by Crippen LogP contribution is -2.32. The predicted molar refractivity (Wildman–Crippen MR) is 69.5 cm³/mol. The molecule has 2 unspecified atom stereocenters. The second-order valence-corrected chi connectivity index (χ2v) is 6.09. The molecule has 0 amide bonds. The van der Waals surface area contributed by atoms with Crippen LogP contribution in [0.3, 0.4) is 0 Å². The van der Waals surface area contributed by atoms with Gasteiger partial charge in [0.2, 0.25) is 0 Å². The third-order valence-corrected chi connectivity index (χ3v) is 3.93. The Hall–Kier alpha value is 0.1000. The van der Waals surface area contributed by atoms with Crippen LogP contribution in [0.2, 0.25) is 0 Å². The first-order chi connectivity index (χ1) is 7.13. The van der Waals surface area contributed by atoms with Crippen LogP contribution in [0.4, 0.5) is 0 Å². The summed E-state index contributed by atoms with van der Waals surface area (Å²) in [6.07, 6.45) is 0. The fourth-order valence-corrected chi connectivity index (χ4v) is 2.85. The van der Waals surface area contributed by atoms with Crippen LogP contribution in [0, 0.1) is 0 Å². The Morgan fingerprint density at radius 2 is 2.20 bits per heavy atom. The minimum absolute atomic E-state index is 0.386. The molecule has 1 N–H and O–H groups in total. The maximum atomic E-state index is 5.37. The molecule has 0 saturated carbocycles. The second kappa shape index (κ2) is 6.63. The van der Waals surface area contributed by atoms with Crippen LogP contribution in [-0.2, 0) is 4.74 Å². The molecule has 1 aromatic rings. The molecule has 0 aromatic carbocycles. The molecule has 0 radical (unpaired) electrons. The second-order valence-electron chi connectivity index (χ2n) is 3.59. The average Bonchev–Trinajstić information content (AvgIpc) is 2.61. The first kappa shape index (κ1) is 13.2. The zero-order valence-electron chi connectivity index (χ0n) is 9.42. The molecule has 0 aliphatic carbocycles. The van der Waals surface area contributed by atoms with Gasteiger partial charge in [0.1, 0.15) is 0 Å². The number of ether oxygens (including phenoxy) is 1. The van der Waals surface area contributed by atoms with Crippen LogP contribution in [0.5, 0.6) is 0 Å². The maximum absolute atomic E-state index is 5.37. The monoisotopic (exact) mass is 291 g/mol. The lowest BCUT2D eigenvalue weighted by molar-refractivity contribution is 0.124. The lowest BCUT2D eigenvalue weighted by Gasteiger charge is -2.18. The van der Waals surface area contributed by atoms with Crippen molar-refractivity contribution in [1.29, 1.82) is 0 Å². The van der Waals surface area contributed by atoms with Gasteiger partial charge in [-0.25, -0.2) is 0 Å². The van der Waals surface area contributed by atoms with Crippen molar-refractivity contribution in [2.24, 2.45) is 0 Å². The molecule has 1 heterocycles. The molecule has 1 aromatic heterocycles. The quantitative estimate of drug-likeness (QED) is 0.865. The Bertz CT molecular complexity index is 290. The Kier molecular flexibility index (Phi) is 5.82. The number of hydrogen-bond donors (Lipinski definition) is 1. The van der Waals surface area contributed by atoms with Crippen molar-refractivity contribution in [2.75, 3.05) is 13.2 Å². The highest BCUT2D eigenvalue weighted by Gasteiger charge is 2.10. The van der Waals surface area contributed by atoms with Crippen molar-refractivity contribution in [2.45, 2.75) is 32.9 Å². The normalized spacial score (nSPS) is 15.2. The van der Waals surface area contributed by atoms with E-state index in [4.69, 9.17) is 4.74 Å². The summed E-state index contributed by atoms with van der Waals surface area (Å²) in [6.45, 7) is 7.90. The van der Waals surface area contributed by atoms with Crippen LogP contribution in [0.25, 0.3) is 0 Å². The highest BCUT2D eigenvalue weighted by Crippen LogP contribution is 2.27. The summed E-state index contributed by atoms with van der Waals surface area (Å²) in [7, 11) is 0. The minimum atomic E-state index is 0.386. The van der Waals surface area contributed by atoms with Gasteiger partial charge in [0.15, 0.2) is 0 Å². The van der Waals surface area contributed by atoms with Gasteiger partial charge in [-0.3, -0.25) is 0 Å². The Balaban J connectivity index is 2.38. The first-order valence-electron chi connectivity index (χ1n) is 5.22. The fourth-order valence-electron chi connectivity index (χ4n) is 1.41. The topological polar surface area (TPSA) is 21.3 Å². The van der Waals surface area contributed by atoms with E-state index in [1.54, 1.807) is 11.3 Å². The van der Waals surface area contributed by atoms with Crippen molar-refractivity contribution >= 4 is 27.3 Å². The number of hydrogen-bond acceptors (Lipinski definition) is 3. The molecule has 15 heavy (non-hydrogen) atoms. The Labute approximate surface area is 104 Å². The van der Waals surface area contributed by atoms with Crippen molar-refractivity contribution in [3.05, 3.63) is 20.8 Å². The van der Waals surface area contributed by atoms with Crippen LogP contribution in [0.15, 0.2) is 15.9 Å². The van der Waals surface area contributed by atoms with Gasteiger partial charge in [-0.15, -0.1) is 11.3 Å². The van der Waals surface area contributed by atoms with E-state index in [1.807, 2.05) is 6.92 Å². The smallest absolute Gasteiger partial charge is 0.0701 e. The van der Waals surface area contributed by atoms with Crippen molar-refractivity contribution in [3.8, 4) is 0 Å². The van der Waals surface area contributed by atoms with Gasteiger partial charge in [0.05, 0.1) is 10.4 Å². The van der Waals surface area contributed by atoms with Gasteiger partial charge in [-0.05, 0) is 48.8 Å². The van der Waals surface area contributed by atoms with E-state index < -0.39 is 0 Å². The molecule has 2 atom stereocenters. The maximum Gasteiger partial charge on any atom is 0.0701 e. The molecule has 0 aliphatic heterocycles. The molecular weight excluding hydrogens is 274 g/mol. The van der Waals surface area contributed by atoms with Gasteiger partial charge in [-0.2, -0.15) is 0 Å². The van der Waals surface area contributed by atoms with E-state index >= 15 is 0 Å². The molecule has 2 nitrogen and oxygen atoms in total. The summed E-state index contributed by atoms with van der Waals surface area (Å²) in [6, 6.07) is 5.02. The highest BCUT2D eigenvalue weighted by molar-refractivity contribution is 9.11. The molecule has 0 aliphatic rings. The molecule has 4 heteroatoms. The van der Waals surface area contributed by atoms with E-state index in [-0.39, 0.29) is 0 Å². The molecule has 1 rings (SSSR count). The SMILES string of the molecule is CCOCC(C)NC(C)c1ccc(Br)s1. The third-order valence-electron chi connectivity index (χ3n) is 2.13. The number of thiophene rings is 1. The molecule has 0 bridgehead atoms. The van der Waals surface area contributed by atoms with E-state index in [0.717, 1.165) is 13.2 Å². The summed E-state index contributed by atoms with van der Waals surface area (Å²) in [5, 5.41) is 3.51. The standard InChI is InChI=1S/C11H18BrNOS/c1-4-14-7-8(2)13-9(3)10-5-6-11(12)15-10/h5-6,8-9,13H,4,7H2,1-3H3. The lowest BCUT2D eigenvalue weighted by atomic mass is 10.2. The highest BCUT2D eigenvalue weighted by atomic mass is 79.9. The minimum Gasteiger partial charge on any atom is -0.380 e. The zero-order chi connectivity index (χ0) is 11.3. The third kappa shape index (κ3) is 4.64. The van der Waals surface area contributed by atoms with Crippen molar-refractivity contribution in [1.82, 2.24) is 5.32 Å². The van der Waals surface area contributed by atoms with Gasteiger partial charge < -0.3 is 10.1 Å². The fraction of sp³-hybridized carbons (Fsp3) is 0.636. The van der Waals surface area contributed by atoms with Crippen LogP contribution in [-0.4, -0.2) is 19.3 Å². The molecule has 86 valence electrons. The molecule has 0 fully saturated rings. The van der Waals surface area contributed by atoms with E-state index in [2.05, 4.69) is 47.2 Å². The van der Waals surface area contributed by atoms with Crippen LogP contribution < -0.4 is 5.32 Å². The van der Waals surface area contributed by atoms with Crippen LogP contribution in [0.1, 0.15) is 31.7 Å². The predicted octanol–water partition coefficient (Wildman–Crippen LogP) is 3.59. The van der Waals surface area contributed by atoms with Gasteiger partial charge in [-0.1, -0.05) is 0 Å². The van der Waals surface area contributed by atoms with E-state index in [1.165, 1.54) is 8.66 Å². The van der Waals surface area contributed by atoms with Gasteiger partial charge >= 0.3 is 0 Å². The summed E-state index contributed by atoms with van der Waals surface area (Å²) < 4.78 is 6.55. The molecule has 0 spiro atoms. The van der Waals surface area contributed by atoms with E-state index in [9.17, 15) is 0 Å². The van der Waals surface area contributed by atoms with E-state index in [0.29, 0.717) is 12.1 Å². The van der Waals surface area contributed by atoms with Gasteiger partial charge in [0.25, 0.3) is 0 Å². The van der Waals surface area contributed by atoms with Crippen molar-refractivity contribution < 1.29 is 4.74 Å². The number of rotatable bonds is 6. The largest absolute Gasteiger partial charge is 0.380 e. The molecule has 0 saturated heterocycles. The van der Waals surface area contributed by atoms with Gasteiger partial charge in [0, 0.05) is 23.6 Å². The number of nitrogens with one attached hydrogen (secondary N) is 1. The zero-order valence-corrected chi connectivity index (χ0v) is 11.8. The Morgan fingerprint density at radius 1 is 1.47 bits per heavy atom. The molecular formula is C11H18BrNOS. The summed E-state index contributed by atoms with van der Waals surface area (Å²) in [4.78, 5) is 1.35.